The molecule has 0 radical (unpaired) electrons. The number of aliphatic imine (C=N–C) groups is 1. The van der Waals surface area contributed by atoms with E-state index in [-0.39, 0.29) is 4.70 Å². The largest absolute Gasteiger partial charge is 0.356 e. The number of amidine groups is 1. The minimum absolute atomic E-state index is 0. The van der Waals surface area contributed by atoms with Gasteiger partial charge in [-0.05, 0) is 13.8 Å². The van der Waals surface area contributed by atoms with Gasteiger partial charge in [-0.3, -0.25) is 9.70 Å². The second-order valence-corrected chi connectivity index (χ2v) is 3.68. The molecular formula is C9H19FN2. The molecule has 0 saturated heterocycles. The Hall–Kier alpha value is -0.600. The fourth-order valence-electron chi connectivity index (χ4n) is 1.51. The van der Waals surface area contributed by atoms with Gasteiger partial charge in [0.05, 0.1) is 6.54 Å². The van der Waals surface area contributed by atoms with Gasteiger partial charge < -0.3 is 4.90 Å². The van der Waals surface area contributed by atoms with Gasteiger partial charge in [-0.25, -0.2) is 0 Å². The summed E-state index contributed by atoms with van der Waals surface area (Å²) in [6.07, 6.45) is 0. The first-order valence-electron chi connectivity index (χ1n) is 4.44. The number of halogens is 1. The van der Waals surface area contributed by atoms with Gasteiger partial charge in [0, 0.05) is 18.5 Å². The van der Waals surface area contributed by atoms with Gasteiger partial charge in [-0.2, -0.15) is 0 Å². The van der Waals surface area contributed by atoms with Gasteiger partial charge in [0.15, 0.2) is 0 Å². The van der Waals surface area contributed by atoms with Crippen molar-refractivity contribution in [3.05, 3.63) is 0 Å². The Labute approximate surface area is 74.0 Å². The summed E-state index contributed by atoms with van der Waals surface area (Å²) in [5.41, 5.74) is 0. The maximum Gasteiger partial charge on any atom is 0.102 e. The van der Waals surface area contributed by atoms with Crippen molar-refractivity contribution >= 4 is 5.84 Å². The summed E-state index contributed by atoms with van der Waals surface area (Å²) in [6.45, 7) is 11.0. The molecule has 0 amide bonds. The van der Waals surface area contributed by atoms with E-state index in [0.29, 0.717) is 12.0 Å². The number of hydrogen-bond acceptors (Lipinski definition) is 2. The first kappa shape index (κ1) is 11.4. The van der Waals surface area contributed by atoms with Crippen LogP contribution >= 0.6 is 0 Å². The minimum Gasteiger partial charge on any atom is -0.356 e. The Morgan fingerprint density at radius 2 is 1.83 bits per heavy atom. The molecule has 2 nitrogen and oxygen atoms in total. The average Bonchev–Trinajstić information content (AvgIpc) is 2.32. The lowest BCUT2D eigenvalue weighted by molar-refractivity contribution is 0.366. The molecule has 0 aromatic rings. The summed E-state index contributed by atoms with van der Waals surface area (Å²) in [4.78, 5) is 6.87. The van der Waals surface area contributed by atoms with Gasteiger partial charge in [-0.1, -0.05) is 13.8 Å². The maximum atomic E-state index is 4.48. The van der Waals surface area contributed by atoms with E-state index in [1.807, 2.05) is 0 Å². The monoisotopic (exact) mass is 174 g/mol. The van der Waals surface area contributed by atoms with Crippen molar-refractivity contribution in [1.29, 1.82) is 0 Å². The van der Waals surface area contributed by atoms with Crippen LogP contribution < -0.4 is 0 Å². The smallest absolute Gasteiger partial charge is 0.102 e. The molecule has 0 aromatic carbocycles. The van der Waals surface area contributed by atoms with Crippen LogP contribution in [0, 0.1) is 5.92 Å². The van der Waals surface area contributed by atoms with Gasteiger partial charge in [0.2, 0.25) is 0 Å². The first-order chi connectivity index (χ1) is 5.13. The lowest BCUT2D eigenvalue weighted by atomic mass is 10.1. The Balaban J connectivity index is 0.00000121. The quantitative estimate of drug-likeness (QED) is 0.624. The molecule has 12 heavy (non-hydrogen) atoms. The molecule has 0 aromatic heterocycles. The normalized spacial score (nSPS) is 16.8. The summed E-state index contributed by atoms with van der Waals surface area (Å²) < 4.78 is 0. The summed E-state index contributed by atoms with van der Waals surface area (Å²) in [5, 5.41) is 0. The zero-order chi connectivity index (χ0) is 8.43. The Morgan fingerprint density at radius 1 is 1.25 bits per heavy atom. The second-order valence-electron chi connectivity index (χ2n) is 3.68. The lowest BCUT2D eigenvalue weighted by Gasteiger charge is -2.26. The molecule has 0 unspecified atom stereocenters. The third-order valence-corrected chi connectivity index (χ3v) is 2.05. The molecule has 0 N–H and O–H groups in total. The molecule has 0 aliphatic carbocycles. The van der Waals surface area contributed by atoms with E-state index in [9.17, 15) is 0 Å². The van der Waals surface area contributed by atoms with Crippen LogP contribution in [0.25, 0.3) is 0 Å². The van der Waals surface area contributed by atoms with Gasteiger partial charge in [0.1, 0.15) is 5.84 Å². The SMILES string of the molecule is CC(C)C1=NCCN1C(C)C.F. The topological polar surface area (TPSA) is 15.6 Å². The number of nitrogens with zero attached hydrogens (tertiary/aromatic N) is 2. The van der Waals surface area contributed by atoms with Gasteiger partial charge >= 0.3 is 0 Å². The van der Waals surface area contributed by atoms with E-state index in [1.54, 1.807) is 0 Å². The minimum atomic E-state index is 0. The van der Waals surface area contributed by atoms with Crippen molar-refractivity contribution < 1.29 is 4.70 Å². The molecular weight excluding hydrogens is 155 g/mol. The van der Waals surface area contributed by atoms with Crippen LogP contribution in [0.15, 0.2) is 4.99 Å². The number of rotatable bonds is 2. The molecule has 0 saturated carbocycles. The predicted molar refractivity (Wildman–Crippen MR) is 51.5 cm³/mol. The molecule has 72 valence electrons. The highest BCUT2D eigenvalue weighted by atomic mass is 19.0. The molecule has 1 heterocycles. The third-order valence-electron chi connectivity index (χ3n) is 2.05. The molecule has 3 heteroatoms. The van der Waals surface area contributed by atoms with Crippen molar-refractivity contribution in [2.45, 2.75) is 33.7 Å². The highest BCUT2D eigenvalue weighted by Gasteiger charge is 2.21. The van der Waals surface area contributed by atoms with Crippen LogP contribution in [0.1, 0.15) is 27.7 Å². The fraction of sp³-hybridized carbons (Fsp3) is 0.889. The van der Waals surface area contributed by atoms with E-state index in [1.165, 1.54) is 5.84 Å². The second kappa shape index (κ2) is 4.43. The highest BCUT2D eigenvalue weighted by Crippen LogP contribution is 2.12. The lowest BCUT2D eigenvalue weighted by Crippen LogP contribution is -2.36. The third kappa shape index (κ3) is 2.19. The van der Waals surface area contributed by atoms with Crippen LogP contribution in [0.5, 0.6) is 0 Å². The molecule has 0 bridgehead atoms. The van der Waals surface area contributed by atoms with Crippen molar-refractivity contribution in [3.63, 3.8) is 0 Å². The van der Waals surface area contributed by atoms with Crippen LogP contribution in [0.2, 0.25) is 0 Å². The Kier molecular flexibility index (Phi) is 4.21. The highest BCUT2D eigenvalue weighted by molar-refractivity contribution is 5.85. The van der Waals surface area contributed by atoms with E-state index >= 15 is 0 Å². The zero-order valence-corrected chi connectivity index (χ0v) is 8.37. The van der Waals surface area contributed by atoms with Crippen molar-refractivity contribution in [2.75, 3.05) is 13.1 Å². The van der Waals surface area contributed by atoms with Crippen LogP contribution in [-0.2, 0) is 0 Å². The molecule has 1 rings (SSSR count). The maximum absolute atomic E-state index is 4.48. The van der Waals surface area contributed by atoms with Crippen LogP contribution in [-0.4, -0.2) is 29.9 Å². The standard InChI is InChI=1S/C9H18N2.FH/c1-7(2)9-10-5-6-11(9)8(3)4;/h7-8H,5-6H2,1-4H3;1H. The molecule has 1 aliphatic heterocycles. The van der Waals surface area contributed by atoms with E-state index in [2.05, 4.69) is 37.6 Å². The summed E-state index contributed by atoms with van der Waals surface area (Å²) in [7, 11) is 0. The van der Waals surface area contributed by atoms with Crippen molar-refractivity contribution in [3.8, 4) is 0 Å². The summed E-state index contributed by atoms with van der Waals surface area (Å²) in [5.74, 6) is 1.87. The summed E-state index contributed by atoms with van der Waals surface area (Å²) >= 11 is 0. The van der Waals surface area contributed by atoms with E-state index in [0.717, 1.165) is 13.1 Å². The van der Waals surface area contributed by atoms with Crippen LogP contribution in [0.4, 0.5) is 4.70 Å². The Morgan fingerprint density at radius 3 is 2.17 bits per heavy atom. The predicted octanol–water partition coefficient (Wildman–Crippen LogP) is 1.92. The van der Waals surface area contributed by atoms with E-state index in [4.69, 9.17) is 0 Å². The molecule has 0 spiro atoms. The molecule has 0 atom stereocenters. The molecule has 1 aliphatic rings. The summed E-state index contributed by atoms with van der Waals surface area (Å²) in [6, 6.07) is 0.610. The van der Waals surface area contributed by atoms with Crippen molar-refractivity contribution in [2.24, 2.45) is 10.9 Å². The van der Waals surface area contributed by atoms with Crippen LogP contribution in [0.3, 0.4) is 0 Å². The zero-order valence-electron chi connectivity index (χ0n) is 8.37. The fourth-order valence-corrected chi connectivity index (χ4v) is 1.51. The first-order valence-corrected chi connectivity index (χ1v) is 4.44. The van der Waals surface area contributed by atoms with Crippen molar-refractivity contribution in [1.82, 2.24) is 4.90 Å². The van der Waals surface area contributed by atoms with Gasteiger partial charge in [0.25, 0.3) is 0 Å². The average molecular weight is 174 g/mol. The Bertz CT molecular complexity index is 164. The van der Waals surface area contributed by atoms with E-state index < -0.39 is 0 Å². The number of hydrogen-bond donors (Lipinski definition) is 0. The molecule has 0 fully saturated rings. The van der Waals surface area contributed by atoms with Gasteiger partial charge in [-0.15, -0.1) is 0 Å².